The zero-order valence-electron chi connectivity index (χ0n) is 19.6. The van der Waals surface area contributed by atoms with E-state index in [0.29, 0.717) is 52.1 Å². The number of pyridine rings is 1. The monoisotopic (exact) mass is 507 g/mol. The highest BCUT2D eigenvalue weighted by Gasteiger charge is 2.12. The number of nitrogens with zero attached hydrogens (tertiary/aromatic N) is 3. The number of aromatic nitrogens is 3. The van der Waals surface area contributed by atoms with E-state index in [1.807, 2.05) is 42.5 Å². The van der Waals surface area contributed by atoms with E-state index in [4.69, 9.17) is 21.1 Å². The van der Waals surface area contributed by atoms with Gasteiger partial charge in [0.1, 0.15) is 36.9 Å². The van der Waals surface area contributed by atoms with E-state index in [2.05, 4.69) is 25.6 Å². The van der Waals surface area contributed by atoms with Crippen LogP contribution in [-0.2, 0) is 11.4 Å². The van der Waals surface area contributed by atoms with Gasteiger partial charge in [-0.1, -0.05) is 23.7 Å². The molecule has 0 saturated carbocycles. The summed E-state index contributed by atoms with van der Waals surface area (Å²) in [6, 6.07) is 16.5. The van der Waals surface area contributed by atoms with Crippen LogP contribution in [0.4, 0.5) is 11.5 Å². The number of fused-ring (bicyclic) bond motifs is 1. The summed E-state index contributed by atoms with van der Waals surface area (Å²) in [5.41, 5.74) is 2.22. The molecule has 186 valence electrons. The van der Waals surface area contributed by atoms with Crippen molar-refractivity contribution < 1.29 is 19.4 Å². The summed E-state index contributed by atoms with van der Waals surface area (Å²) in [4.78, 5) is 24.7. The molecule has 9 nitrogen and oxygen atoms in total. The van der Waals surface area contributed by atoms with Crippen LogP contribution in [-0.4, -0.2) is 45.2 Å². The number of carbonyl (C=O) groups excluding carboxylic acids is 1. The van der Waals surface area contributed by atoms with E-state index in [0.717, 1.165) is 5.69 Å². The third kappa shape index (κ3) is 6.80. The molecule has 0 radical (unpaired) electrons. The zero-order chi connectivity index (χ0) is 25.3. The van der Waals surface area contributed by atoms with Gasteiger partial charge >= 0.3 is 0 Å². The number of benzene rings is 2. The van der Waals surface area contributed by atoms with Crippen molar-refractivity contribution in [1.29, 1.82) is 0 Å². The fraction of sp³-hybridized carbons (Fsp3) is 0.231. The van der Waals surface area contributed by atoms with Gasteiger partial charge in [-0.25, -0.2) is 9.97 Å². The lowest BCUT2D eigenvalue weighted by Crippen LogP contribution is -2.30. The van der Waals surface area contributed by atoms with Crippen molar-refractivity contribution in [2.24, 2.45) is 0 Å². The second-order valence-electron chi connectivity index (χ2n) is 8.00. The van der Waals surface area contributed by atoms with Gasteiger partial charge < -0.3 is 25.2 Å². The van der Waals surface area contributed by atoms with Gasteiger partial charge in [-0.2, -0.15) is 0 Å². The topological polar surface area (TPSA) is 118 Å². The number of anilines is 2. The number of hydrogen-bond donors (Lipinski definition) is 3. The molecule has 4 rings (SSSR count). The predicted molar refractivity (Wildman–Crippen MR) is 138 cm³/mol. The van der Waals surface area contributed by atoms with E-state index in [-0.39, 0.29) is 18.9 Å². The molecule has 0 aliphatic heterocycles. The second kappa shape index (κ2) is 12.1. The largest absolute Gasteiger partial charge is 0.491 e. The molecular formula is C26H26ClN5O4. The molecule has 2 heterocycles. The molecular weight excluding hydrogens is 482 g/mol. The van der Waals surface area contributed by atoms with Gasteiger partial charge in [0.25, 0.3) is 0 Å². The Balaban J connectivity index is 1.45. The van der Waals surface area contributed by atoms with Crippen molar-refractivity contribution in [2.75, 3.05) is 18.5 Å². The SMILES string of the molecule is CC(O)CC(=O)NCCOc1cccc2ncnc(Nc3ccc(OCc4ccccn4)c(Cl)c3)c12. The summed E-state index contributed by atoms with van der Waals surface area (Å²) < 4.78 is 11.7. The Hall–Kier alpha value is -3.95. The van der Waals surface area contributed by atoms with E-state index in [1.165, 1.54) is 6.33 Å². The number of ether oxygens (including phenoxy) is 2. The standard InChI is InChI=1S/C26H26ClN5O4/c1-17(33)13-24(34)29-11-12-35-23-7-4-6-21-25(23)26(31-16-30-21)32-18-8-9-22(20(27)14-18)36-15-19-5-2-3-10-28-19/h2-10,14,16-17,33H,11-13,15H2,1H3,(H,29,34)(H,30,31,32). The maximum Gasteiger partial charge on any atom is 0.222 e. The first-order valence-corrected chi connectivity index (χ1v) is 11.8. The molecule has 1 atom stereocenters. The molecule has 1 unspecified atom stereocenters. The van der Waals surface area contributed by atoms with Gasteiger partial charge in [0.2, 0.25) is 5.91 Å². The molecule has 2 aromatic carbocycles. The number of carbonyl (C=O) groups is 1. The Morgan fingerprint density at radius 2 is 1.94 bits per heavy atom. The van der Waals surface area contributed by atoms with Crippen molar-refractivity contribution in [1.82, 2.24) is 20.3 Å². The Morgan fingerprint density at radius 3 is 2.72 bits per heavy atom. The number of rotatable bonds is 11. The number of amides is 1. The number of halogens is 1. The molecule has 3 N–H and O–H groups in total. The van der Waals surface area contributed by atoms with Gasteiger partial charge in [-0.3, -0.25) is 9.78 Å². The molecule has 1 amide bonds. The molecule has 0 saturated heterocycles. The van der Waals surface area contributed by atoms with Gasteiger partial charge in [-0.15, -0.1) is 0 Å². The molecule has 0 aliphatic carbocycles. The van der Waals surface area contributed by atoms with Crippen LogP contribution >= 0.6 is 11.6 Å². The van der Waals surface area contributed by atoms with E-state index in [9.17, 15) is 9.90 Å². The third-order valence-electron chi connectivity index (χ3n) is 5.08. The first-order chi connectivity index (χ1) is 17.5. The fourth-order valence-electron chi connectivity index (χ4n) is 3.45. The number of aliphatic hydroxyl groups is 1. The zero-order valence-corrected chi connectivity index (χ0v) is 20.4. The summed E-state index contributed by atoms with van der Waals surface area (Å²) in [5, 5.41) is 16.4. The second-order valence-corrected chi connectivity index (χ2v) is 8.41. The Morgan fingerprint density at radius 1 is 1.06 bits per heavy atom. The van der Waals surface area contributed by atoms with Gasteiger partial charge in [0.15, 0.2) is 0 Å². The average molecular weight is 508 g/mol. The number of hydrogen-bond acceptors (Lipinski definition) is 8. The predicted octanol–water partition coefficient (Wildman–Crippen LogP) is 4.27. The summed E-state index contributed by atoms with van der Waals surface area (Å²) in [6.45, 7) is 2.42. The number of nitrogens with one attached hydrogen (secondary N) is 2. The highest BCUT2D eigenvalue weighted by Crippen LogP contribution is 2.34. The minimum absolute atomic E-state index is 0.0473. The molecule has 0 fully saturated rings. The highest BCUT2D eigenvalue weighted by atomic mass is 35.5. The first kappa shape index (κ1) is 25.2. The lowest BCUT2D eigenvalue weighted by Gasteiger charge is -2.14. The quantitative estimate of drug-likeness (QED) is 0.258. The van der Waals surface area contributed by atoms with Crippen LogP contribution in [0.25, 0.3) is 10.9 Å². The first-order valence-electron chi connectivity index (χ1n) is 11.4. The molecule has 0 bridgehead atoms. The Labute approximate surface area is 213 Å². The van der Waals surface area contributed by atoms with Crippen LogP contribution in [0.15, 0.2) is 67.1 Å². The van der Waals surface area contributed by atoms with Crippen LogP contribution in [0.2, 0.25) is 5.02 Å². The molecule has 4 aromatic rings. The van der Waals surface area contributed by atoms with Crippen molar-refractivity contribution in [3.8, 4) is 11.5 Å². The Kier molecular flexibility index (Phi) is 8.48. The molecule has 0 aliphatic rings. The molecule has 36 heavy (non-hydrogen) atoms. The van der Waals surface area contributed by atoms with Gasteiger partial charge in [0, 0.05) is 11.9 Å². The van der Waals surface area contributed by atoms with E-state index >= 15 is 0 Å². The van der Waals surface area contributed by atoms with Crippen molar-refractivity contribution in [3.05, 3.63) is 77.8 Å². The summed E-state index contributed by atoms with van der Waals surface area (Å²) >= 11 is 6.46. The van der Waals surface area contributed by atoms with Crippen LogP contribution < -0.4 is 20.1 Å². The van der Waals surface area contributed by atoms with Crippen LogP contribution in [0.3, 0.4) is 0 Å². The molecule has 10 heteroatoms. The van der Waals surface area contributed by atoms with Crippen LogP contribution in [0.1, 0.15) is 19.0 Å². The van der Waals surface area contributed by atoms with E-state index in [1.54, 1.807) is 25.3 Å². The van der Waals surface area contributed by atoms with Crippen molar-refractivity contribution >= 4 is 39.9 Å². The smallest absolute Gasteiger partial charge is 0.222 e. The fourth-order valence-corrected chi connectivity index (χ4v) is 3.69. The lowest BCUT2D eigenvalue weighted by atomic mass is 10.2. The van der Waals surface area contributed by atoms with Crippen molar-refractivity contribution in [3.63, 3.8) is 0 Å². The maximum absolute atomic E-state index is 11.7. The van der Waals surface area contributed by atoms with Crippen LogP contribution in [0.5, 0.6) is 11.5 Å². The summed E-state index contributed by atoms with van der Waals surface area (Å²) in [7, 11) is 0. The lowest BCUT2D eigenvalue weighted by molar-refractivity contribution is -0.122. The van der Waals surface area contributed by atoms with Crippen LogP contribution in [0, 0.1) is 0 Å². The number of aliphatic hydroxyl groups excluding tert-OH is 1. The maximum atomic E-state index is 11.7. The molecule has 2 aromatic heterocycles. The summed E-state index contributed by atoms with van der Waals surface area (Å²) in [5.74, 6) is 1.43. The molecule has 0 spiro atoms. The Bertz CT molecular complexity index is 1320. The van der Waals surface area contributed by atoms with Gasteiger partial charge in [0.05, 0.1) is 40.7 Å². The third-order valence-corrected chi connectivity index (χ3v) is 5.38. The highest BCUT2D eigenvalue weighted by molar-refractivity contribution is 6.32. The van der Waals surface area contributed by atoms with Gasteiger partial charge in [-0.05, 0) is 49.4 Å². The minimum atomic E-state index is -0.690. The normalized spacial score (nSPS) is 11.6. The summed E-state index contributed by atoms with van der Waals surface area (Å²) in [6.07, 6.45) is 2.54. The van der Waals surface area contributed by atoms with Crippen molar-refractivity contribution in [2.45, 2.75) is 26.1 Å². The van der Waals surface area contributed by atoms with E-state index < -0.39 is 6.10 Å². The minimum Gasteiger partial charge on any atom is -0.491 e. The average Bonchev–Trinajstić information content (AvgIpc) is 2.86.